The van der Waals surface area contributed by atoms with Gasteiger partial charge in [-0.1, -0.05) is 6.07 Å². The van der Waals surface area contributed by atoms with Crippen molar-refractivity contribution in [2.45, 2.75) is 20.5 Å². The first-order chi connectivity index (χ1) is 8.15. The van der Waals surface area contributed by atoms with Crippen molar-refractivity contribution in [3.05, 3.63) is 41.2 Å². The van der Waals surface area contributed by atoms with E-state index >= 15 is 0 Å². The number of hydrogen-bond acceptors (Lipinski definition) is 3. The number of aromatic nitrogens is 2. The molecule has 1 aromatic heterocycles. The Hall–Kier alpha value is -1.81. The van der Waals surface area contributed by atoms with Crippen LogP contribution in [0.4, 0.5) is 0 Å². The molecular weight excluding hydrogens is 216 g/mol. The average molecular weight is 232 g/mol. The number of rotatable bonds is 3. The molecule has 0 aliphatic rings. The van der Waals surface area contributed by atoms with Gasteiger partial charge in [0.15, 0.2) is 0 Å². The van der Waals surface area contributed by atoms with Gasteiger partial charge >= 0.3 is 0 Å². The molecule has 0 aliphatic carbocycles. The van der Waals surface area contributed by atoms with E-state index < -0.39 is 0 Å². The van der Waals surface area contributed by atoms with Crippen molar-refractivity contribution in [3.8, 4) is 11.4 Å². The number of aliphatic hydroxyl groups excluding tert-OH is 1. The van der Waals surface area contributed by atoms with Crippen LogP contribution < -0.4 is 4.74 Å². The Bertz CT molecular complexity index is 532. The molecule has 0 spiro atoms. The van der Waals surface area contributed by atoms with Crippen LogP contribution in [-0.2, 0) is 6.61 Å². The van der Waals surface area contributed by atoms with Crippen LogP contribution in [0.15, 0.2) is 24.4 Å². The first kappa shape index (κ1) is 11.7. The Morgan fingerprint density at radius 3 is 2.71 bits per heavy atom. The van der Waals surface area contributed by atoms with Crippen molar-refractivity contribution < 1.29 is 9.84 Å². The van der Waals surface area contributed by atoms with E-state index in [1.807, 2.05) is 38.2 Å². The fraction of sp³-hybridized carbons (Fsp3) is 0.308. The third kappa shape index (κ3) is 2.17. The lowest BCUT2D eigenvalue weighted by molar-refractivity contribution is 0.281. The number of aryl methyl sites for hydroxylation is 2. The average Bonchev–Trinajstić information content (AvgIpc) is 2.70. The second-order valence-electron chi connectivity index (χ2n) is 4.02. The Morgan fingerprint density at radius 2 is 2.12 bits per heavy atom. The monoisotopic (exact) mass is 232 g/mol. The van der Waals surface area contributed by atoms with Crippen LogP contribution in [0.2, 0.25) is 0 Å². The second kappa shape index (κ2) is 4.59. The normalized spacial score (nSPS) is 10.6. The van der Waals surface area contributed by atoms with Gasteiger partial charge in [0.05, 0.1) is 19.4 Å². The molecule has 4 heteroatoms. The molecule has 0 saturated carbocycles. The molecule has 0 aliphatic heterocycles. The summed E-state index contributed by atoms with van der Waals surface area (Å²) in [6, 6.07) is 5.92. The molecule has 90 valence electrons. The zero-order valence-electron chi connectivity index (χ0n) is 10.3. The van der Waals surface area contributed by atoms with Gasteiger partial charge in [-0.25, -0.2) is 4.68 Å². The highest BCUT2D eigenvalue weighted by molar-refractivity contribution is 5.48. The SMILES string of the molecule is COc1ccc(C)cc1-n1cc(CO)c(C)n1. The van der Waals surface area contributed by atoms with Crippen LogP contribution in [0, 0.1) is 13.8 Å². The first-order valence-electron chi connectivity index (χ1n) is 5.46. The van der Waals surface area contributed by atoms with Gasteiger partial charge in [0.2, 0.25) is 0 Å². The third-order valence-electron chi connectivity index (χ3n) is 2.75. The minimum atomic E-state index is -0.0000352. The summed E-state index contributed by atoms with van der Waals surface area (Å²) < 4.78 is 7.06. The molecule has 0 fully saturated rings. The van der Waals surface area contributed by atoms with Gasteiger partial charge in [-0.15, -0.1) is 0 Å². The van der Waals surface area contributed by atoms with Crippen molar-refractivity contribution >= 4 is 0 Å². The van der Waals surface area contributed by atoms with Crippen molar-refractivity contribution in [3.63, 3.8) is 0 Å². The standard InChI is InChI=1S/C13H16N2O2/c1-9-4-5-13(17-3)12(6-9)15-7-11(8-16)10(2)14-15/h4-7,16H,8H2,1-3H3. The number of aliphatic hydroxyl groups is 1. The van der Waals surface area contributed by atoms with E-state index in [0.717, 1.165) is 28.3 Å². The number of benzene rings is 1. The van der Waals surface area contributed by atoms with Crippen molar-refractivity contribution in [2.75, 3.05) is 7.11 Å². The molecule has 0 atom stereocenters. The predicted octanol–water partition coefficient (Wildman–Crippen LogP) is 1.99. The molecule has 1 heterocycles. The van der Waals surface area contributed by atoms with Gasteiger partial charge in [0.1, 0.15) is 11.4 Å². The highest BCUT2D eigenvalue weighted by Gasteiger charge is 2.09. The number of nitrogens with zero attached hydrogens (tertiary/aromatic N) is 2. The van der Waals surface area contributed by atoms with Gasteiger partial charge < -0.3 is 9.84 Å². The van der Waals surface area contributed by atoms with Crippen LogP contribution in [0.5, 0.6) is 5.75 Å². The van der Waals surface area contributed by atoms with E-state index in [9.17, 15) is 5.11 Å². The third-order valence-corrected chi connectivity index (χ3v) is 2.75. The summed E-state index contributed by atoms with van der Waals surface area (Å²) in [6.45, 7) is 3.90. The molecular formula is C13H16N2O2. The van der Waals surface area contributed by atoms with Crippen molar-refractivity contribution in [2.24, 2.45) is 0 Å². The maximum atomic E-state index is 9.18. The molecule has 17 heavy (non-hydrogen) atoms. The minimum absolute atomic E-state index is 0.0000352. The van der Waals surface area contributed by atoms with Crippen molar-refractivity contribution in [1.82, 2.24) is 9.78 Å². The zero-order chi connectivity index (χ0) is 12.4. The fourth-order valence-corrected chi connectivity index (χ4v) is 1.75. The summed E-state index contributed by atoms with van der Waals surface area (Å²) in [5.74, 6) is 0.766. The van der Waals surface area contributed by atoms with E-state index in [0.29, 0.717) is 0 Å². The maximum absolute atomic E-state index is 9.18. The maximum Gasteiger partial charge on any atom is 0.144 e. The van der Waals surface area contributed by atoms with Gasteiger partial charge in [-0.2, -0.15) is 5.10 Å². The molecule has 0 amide bonds. The van der Waals surface area contributed by atoms with E-state index in [-0.39, 0.29) is 6.61 Å². The number of ether oxygens (including phenoxy) is 1. The summed E-state index contributed by atoms with van der Waals surface area (Å²) in [7, 11) is 1.64. The Balaban J connectivity index is 2.54. The molecule has 2 aromatic rings. The lowest BCUT2D eigenvalue weighted by Gasteiger charge is -2.09. The molecule has 0 bridgehead atoms. The second-order valence-corrected chi connectivity index (χ2v) is 4.02. The summed E-state index contributed by atoms with van der Waals surface area (Å²) in [6.07, 6.45) is 1.83. The lowest BCUT2D eigenvalue weighted by atomic mass is 10.2. The summed E-state index contributed by atoms with van der Waals surface area (Å²) in [5.41, 5.74) is 3.68. The zero-order valence-corrected chi connectivity index (χ0v) is 10.3. The van der Waals surface area contributed by atoms with Gasteiger partial charge in [-0.3, -0.25) is 0 Å². The van der Waals surface area contributed by atoms with E-state index in [1.165, 1.54) is 0 Å². The smallest absolute Gasteiger partial charge is 0.144 e. The van der Waals surface area contributed by atoms with E-state index in [1.54, 1.807) is 11.8 Å². The van der Waals surface area contributed by atoms with Gasteiger partial charge in [0.25, 0.3) is 0 Å². The molecule has 1 N–H and O–H groups in total. The predicted molar refractivity (Wildman–Crippen MR) is 65.5 cm³/mol. The highest BCUT2D eigenvalue weighted by Crippen LogP contribution is 2.24. The molecule has 1 aromatic carbocycles. The molecule has 0 radical (unpaired) electrons. The summed E-state index contributed by atoms with van der Waals surface area (Å²) in [4.78, 5) is 0. The van der Waals surface area contributed by atoms with Crippen LogP contribution >= 0.6 is 0 Å². The van der Waals surface area contributed by atoms with E-state index in [2.05, 4.69) is 5.10 Å². The van der Waals surface area contributed by atoms with Gasteiger partial charge in [-0.05, 0) is 31.5 Å². The van der Waals surface area contributed by atoms with Crippen LogP contribution in [0.3, 0.4) is 0 Å². The van der Waals surface area contributed by atoms with E-state index in [4.69, 9.17) is 4.74 Å². The lowest BCUT2D eigenvalue weighted by Crippen LogP contribution is -1.99. The summed E-state index contributed by atoms with van der Waals surface area (Å²) in [5, 5.41) is 13.6. The first-order valence-corrected chi connectivity index (χ1v) is 5.46. The van der Waals surface area contributed by atoms with Gasteiger partial charge in [0, 0.05) is 11.8 Å². The van der Waals surface area contributed by atoms with Crippen LogP contribution in [-0.4, -0.2) is 22.0 Å². The number of hydrogen-bond donors (Lipinski definition) is 1. The summed E-state index contributed by atoms with van der Waals surface area (Å²) >= 11 is 0. The topological polar surface area (TPSA) is 47.3 Å². The fourth-order valence-electron chi connectivity index (χ4n) is 1.75. The van der Waals surface area contributed by atoms with Crippen LogP contribution in [0.25, 0.3) is 5.69 Å². The Kier molecular flexibility index (Phi) is 3.15. The minimum Gasteiger partial charge on any atom is -0.494 e. The quantitative estimate of drug-likeness (QED) is 0.880. The van der Waals surface area contributed by atoms with Crippen LogP contribution in [0.1, 0.15) is 16.8 Å². The van der Waals surface area contributed by atoms with Crippen molar-refractivity contribution in [1.29, 1.82) is 0 Å². The molecule has 2 rings (SSSR count). The highest BCUT2D eigenvalue weighted by atomic mass is 16.5. The molecule has 0 saturated heterocycles. The number of methoxy groups -OCH3 is 1. The molecule has 0 unspecified atom stereocenters. The molecule has 4 nitrogen and oxygen atoms in total. The Morgan fingerprint density at radius 1 is 1.35 bits per heavy atom. The Labute approximate surface area is 100 Å². The largest absolute Gasteiger partial charge is 0.494 e.